The first-order valence-corrected chi connectivity index (χ1v) is 7.82. The van der Waals surface area contributed by atoms with E-state index in [4.69, 9.17) is 10.5 Å². The second-order valence-corrected chi connectivity index (χ2v) is 6.79. The molecule has 1 fully saturated rings. The Morgan fingerprint density at radius 2 is 2.16 bits per heavy atom. The third-order valence-corrected chi connectivity index (χ3v) is 4.97. The lowest BCUT2D eigenvalue weighted by Gasteiger charge is -2.14. The van der Waals surface area contributed by atoms with Gasteiger partial charge in [-0.1, -0.05) is 0 Å². The van der Waals surface area contributed by atoms with Gasteiger partial charge in [0.05, 0.1) is 11.5 Å². The van der Waals surface area contributed by atoms with Crippen LogP contribution < -0.4 is 10.5 Å². The third kappa shape index (κ3) is 3.26. The van der Waals surface area contributed by atoms with E-state index in [0.717, 1.165) is 12.0 Å². The lowest BCUT2D eigenvalue weighted by Crippen LogP contribution is -2.30. The topological polar surface area (TPSA) is 81.4 Å². The van der Waals surface area contributed by atoms with Crippen LogP contribution in [0.25, 0.3) is 0 Å². The van der Waals surface area contributed by atoms with Crippen LogP contribution in [0.3, 0.4) is 0 Å². The summed E-state index contributed by atoms with van der Waals surface area (Å²) in [7, 11) is -3.51. The number of benzene rings is 1. The van der Waals surface area contributed by atoms with E-state index in [1.807, 2.05) is 6.92 Å². The van der Waals surface area contributed by atoms with Crippen LogP contribution >= 0.6 is 0 Å². The van der Waals surface area contributed by atoms with Crippen molar-refractivity contribution in [2.45, 2.75) is 25.2 Å². The molecule has 0 radical (unpaired) electrons. The summed E-state index contributed by atoms with van der Waals surface area (Å²) < 4.78 is 32.5. The molecular weight excluding hydrogens is 264 g/mol. The maximum Gasteiger partial charge on any atom is 0.240 e. The molecule has 2 rings (SSSR count). The number of rotatable bonds is 4. The third-order valence-electron chi connectivity index (χ3n) is 3.42. The number of hydrogen-bond donors (Lipinski definition) is 2. The first kappa shape index (κ1) is 14.3. The SMILES string of the molecule is Cc1cc(N)c(C)c(S(=O)(=O)NCC2CCOC2)c1. The molecule has 5 nitrogen and oxygen atoms in total. The van der Waals surface area contributed by atoms with Crippen molar-refractivity contribution >= 4 is 15.7 Å². The van der Waals surface area contributed by atoms with E-state index in [9.17, 15) is 8.42 Å². The van der Waals surface area contributed by atoms with Gasteiger partial charge in [-0.15, -0.1) is 0 Å². The molecule has 1 aromatic carbocycles. The molecule has 1 aliphatic rings. The Bertz CT molecular complexity index is 563. The minimum atomic E-state index is -3.51. The van der Waals surface area contributed by atoms with Crippen molar-refractivity contribution in [3.63, 3.8) is 0 Å². The molecule has 0 amide bonds. The van der Waals surface area contributed by atoms with Gasteiger partial charge < -0.3 is 10.5 Å². The van der Waals surface area contributed by atoms with E-state index in [0.29, 0.717) is 31.0 Å². The molecule has 6 heteroatoms. The fourth-order valence-corrected chi connectivity index (χ4v) is 3.65. The molecule has 19 heavy (non-hydrogen) atoms. The van der Waals surface area contributed by atoms with Gasteiger partial charge in [-0.25, -0.2) is 13.1 Å². The van der Waals surface area contributed by atoms with Crippen LogP contribution in [-0.4, -0.2) is 28.2 Å². The normalized spacial score (nSPS) is 19.8. The van der Waals surface area contributed by atoms with Gasteiger partial charge in [-0.2, -0.15) is 0 Å². The molecule has 0 spiro atoms. The number of sulfonamides is 1. The molecule has 1 unspecified atom stereocenters. The Labute approximate surface area is 114 Å². The molecule has 1 atom stereocenters. The fraction of sp³-hybridized carbons (Fsp3) is 0.538. The second kappa shape index (κ2) is 5.48. The van der Waals surface area contributed by atoms with Gasteiger partial charge in [-0.05, 0) is 49.4 Å². The van der Waals surface area contributed by atoms with Crippen molar-refractivity contribution in [3.05, 3.63) is 23.3 Å². The molecule has 1 saturated heterocycles. The van der Waals surface area contributed by atoms with E-state index >= 15 is 0 Å². The standard InChI is InChI=1S/C13H20N2O3S/c1-9-5-12(14)10(2)13(6-9)19(16,17)15-7-11-3-4-18-8-11/h5-6,11,15H,3-4,7-8,14H2,1-2H3. The Morgan fingerprint density at radius 1 is 1.42 bits per heavy atom. The molecule has 106 valence electrons. The van der Waals surface area contributed by atoms with Crippen LogP contribution in [0.2, 0.25) is 0 Å². The van der Waals surface area contributed by atoms with Crippen LogP contribution in [0.4, 0.5) is 5.69 Å². The van der Waals surface area contributed by atoms with Crippen molar-refractivity contribution in [2.24, 2.45) is 5.92 Å². The van der Waals surface area contributed by atoms with E-state index in [2.05, 4.69) is 4.72 Å². The fourth-order valence-electron chi connectivity index (χ4n) is 2.18. The minimum Gasteiger partial charge on any atom is -0.398 e. The number of hydrogen-bond acceptors (Lipinski definition) is 4. The lowest BCUT2D eigenvalue weighted by atomic mass is 10.1. The van der Waals surface area contributed by atoms with Crippen LogP contribution in [-0.2, 0) is 14.8 Å². The van der Waals surface area contributed by atoms with Gasteiger partial charge in [0.1, 0.15) is 0 Å². The van der Waals surface area contributed by atoms with Gasteiger partial charge in [0, 0.05) is 18.8 Å². The quantitative estimate of drug-likeness (QED) is 0.814. The average molecular weight is 284 g/mol. The largest absolute Gasteiger partial charge is 0.398 e. The Morgan fingerprint density at radius 3 is 2.79 bits per heavy atom. The Balaban J connectivity index is 2.19. The predicted molar refractivity (Wildman–Crippen MR) is 74.4 cm³/mol. The van der Waals surface area contributed by atoms with Gasteiger partial charge in [0.15, 0.2) is 0 Å². The highest BCUT2D eigenvalue weighted by Gasteiger charge is 2.22. The van der Waals surface area contributed by atoms with Crippen LogP contribution in [0.1, 0.15) is 17.5 Å². The van der Waals surface area contributed by atoms with E-state index in [1.54, 1.807) is 19.1 Å². The molecule has 0 aliphatic carbocycles. The zero-order chi connectivity index (χ0) is 14.0. The zero-order valence-electron chi connectivity index (χ0n) is 11.3. The van der Waals surface area contributed by atoms with E-state index in [1.165, 1.54) is 0 Å². The van der Waals surface area contributed by atoms with Crippen LogP contribution in [0.5, 0.6) is 0 Å². The molecule has 1 heterocycles. The highest BCUT2D eigenvalue weighted by atomic mass is 32.2. The molecule has 0 aromatic heterocycles. The monoisotopic (exact) mass is 284 g/mol. The average Bonchev–Trinajstić information content (AvgIpc) is 2.84. The minimum absolute atomic E-state index is 0.261. The van der Waals surface area contributed by atoms with Crippen molar-refractivity contribution in [1.82, 2.24) is 4.72 Å². The molecule has 1 aliphatic heterocycles. The van der Waals surface area contributed by atoms with Crippen LogP contribution in [0.15, 0.2) is 17.0 Å². The summed E-state index contributed by atoms with van der Waals surface area (Å²) in [4.78, 5) is 0.268. The molecular formula is C13H20N2O3S. The first-order valence-electron chi connectivity index (χ1n) is 6.34. The van der Waals surface area contributed by atoms with Crippen LogP contribution in [0, 0.1) is 19.8 Å². The summed E-state index contributed by atoms with van der Waals surface area (Å²) >= 11 is 0. The van der Waals surface area contributed by atoms with Gasteiger partial charge in [0.2, 0.25) is 10.0 Å². The Hall–Kier alpha value is -1.11. The highest BCUT2D eigenvalue weighted by molar-refractivity contribution is 7.89. The second-order valence-electron chi connectivity index (χ2n) is 5.06. The molecule has 0 saturated carbocycles. The van der Waals surface area contributed by atoms with E-state index < -0.39 is 10.0 Å². The highest BCUT2D eigenvalue weighted by Crippen LogP contribution is 2.23. The smallest absolute Gasteiger partial charge is 0.240 e. The van der Waals surface area contributed by atoms with Crippen molar-refractivity contribution in [1.29, 1.82) is 0 Å². The summed E-state index contributed by atoms with van der Waals surface area (Å²) in [5.41, 5.74) is 7.77. The number of aryl methyl sites for hydroxylation is 1. The summed E-state index contributed by atoms with van der Waals surface area (Å²) in [5.74, 6) is 0.261. The molecule has 1 aromatic rings. The van der Waals surface area contributed by atoms with Gasteiger partial charge in [-0.3, -0.25) is 0 Å². The maximum absolute atomic E-state index is 12.3. The number of ether oxygens (including phenoxy) is 1. The van der Waals surface area contributed by atoms with Gasteiger partial charge >= 0.3 is 0 Å². The first-order chi connectivity index (χ1) is 8.90. The van der Waals surface area contributed by atoms with Crippen molar-refractivity contribution in [2.75, 3.05) is 25.5 Å². The predicted octanol–water partition coefficient (Wildman–Crippen LogP) is 1.20. The summed E-state index contributed by atoms with van der Waals surface area (Å²) in [6.45, 7) is 5.30. The van der Waals surface area contributed by atoms with Crippen molar-refractivity contribution < 1.29 is 13.2 Å². The Kier molecular flexibility index (Phi) is 4.13. The molecule has 3 N–H and O–H groups in total. The zero-order valence-corrected chi connectivity index (χ0v) is 12.1. The molecule has 0 bridgehead atoms. The maximum atomic E-state index is 12.3. The summed E-state index contributed by atoms with van der Waals surface area (Å²) in [6, 6.07) is 3.43. The van der Waals surface area contributed by atoms with Crippen molar-refractivity contribution in [3.8, 4) is 0 Å². The summed E-state index contributed by atoms with van der Waals surface area (Å²) in [6.07, 6.45) is 0.900. The number of nitrogen functional groups attached to an aromatic ring is 1. The number of nitrogens with two attached hydrogens (primary N) is 1. The number of nitrogens with one attached hydrogen (secondary N) is 1. The van der Waals surface area contributed by atoms with E-state index in [-0.39, 0.29) is 10.8 Å². The van der Waals surface area contributed by atoms with Gasteiger partial charge in [0.25, 0.3) is 0 Å². The number of anilines is 1. The summed E-state index contributed by atoms with van der Waals surface area (Å²) in [5, 5.41) is 0. The lowest BCUT2D eigenvalue weighted by molar-refractivity contribution is 0.186.